The lowest BCUT2D eigenvalue weighted by atomic mass is 10.2. The van der Waals surface area contributed by atoms with Gasteiger partial charge in [-0.25, -0.2) is 13.2 Å². The first-order valence-electron chi connectivity index (χ1n) is 4.94. The third kappa shape index (κ3) is 3.25. The number of nitrogens with one attached hydrogen (secondary N) is 1. The van der Waals surface area contributed by atoms with Gasteiger partial charge in [-0.3, -0.25) is 4.79 Å². The summed E-state index contributed by atoms with van der Waals surface area (Å²) in [5.74, 6) is -3.24. The van der Waals surface area contributed by atoms with Crippen molar-refractivity contribution >= 4 is 5.91 Å². The lowest BCUT2D eigenvalue weighted by Gasteiger charge is -2.07. The molecule has 5 heteroatoms. The van der Waals surface area contributed by atoms with Crippen molar-refractivity contribution in [2.24, 2.45) is 0 Å². The SMILES string of the molecule is CCCC(=O)NCc1c(F)cc(F)cc1F. The molecule has 0 aliphatic carbocycles. The van der Waals surface area contributed by atoms with Crippen LogP contribution >= 0.6 is 0 Å². The van der Waals surface area contributed by atoms with Crippen molar-refractivity contribution in [1.29, 1.82) is 0 Å². The van der Waals surface area contributed by atoms with E-state index in [0.29, 0.717) is 25.0 Å². The first-order chi connectivity index (χ1) is 7.54. The zero-order valence-corrected chi connectivity index (χ0v) is 8.82. The van der Waals surface area contributed by atoms with E-state index < -0.39 is 17.5 Å². The third-order valence-corrected chi connectivity index (χ3v) is 2.05. The number of benzene rings is 1. The van der Waals surface area contributed by atoms with Crippen LogP contribution < -0.4 is 5.32 Å². The Labute approximate surface area is 91.5 Å². The van der Waals surface area contributed by atoms with E-state index in [1.807, 2.05) is 6.92 Å². The van der Waals surface area contributed by atoms with E-state index in [9.17, 15) is 18.0 Å². The van der Waals surface area contributed by atoms with Crippen molar-refractivity contribution < 1.29 is 18.0 Å². The van der Waals surface area contributed by atoms with E-state index in [2.05, 4.69) is 5.32 Å². The molecule has 1 amide bonds. The van der Waals surface area contributed by atoms with Gasteiger partial charge in [-0.15, -0.1) is 0 Å². The molecule has 1 N–H and O–H groups in total. The Morgan fingerprint density at radius 1 is 1.25 bits per heavy atom. The van der Waals surface area contributed by atoms with Crippen LogP contribution in [0.15, 0.2) is 12.1 Å². The van der Waals surface area contributed by atoms with Gasteiger partial charge in [-0.1, -0.05) is 6.92 Å². The smallest absolute Gasteiger partial charge is 0.220 e. The predicted octanol–water partition coefficient (Wildman–Crippen LogP) is 2.52. The van der Waals surface area contributed by atoms with Crippen LogP contribution in [-0.2, 0) is 11.3 Å². The van der Waals surface area contributed by atoms with E-state index in [4.69, 9.17) is 0 Å². The van der Waals surface area contributed by atoms with Crippen LogP contribution in [0.5, 0.6) is 0 Å². The molecule has 88 valence electrons. The molecule has 0 bridgehead atoms. The molecule has 0 saturated heterocycles. The lowest BCUT2D eigenvalue weighted by molar-refractivity contribution is -0.121. The van der Waals surface area contributed by atoms with Gasteiger partial charge in [0.15, 0.2) is 0 Å². The van der Waals surface area contributed by atoms with E-state index >= 15 is 0 Å². The molecule has 0 aromatic heterocycles. The summed E-state index contributed by atoms with van der Waals surface area (Å²) < 4.78 is 38.8. The summed E-state index contributed by atoms with van der Waals surface area (Å²) >= 11 is 0. The van der Waals surface area contributed by atoms with Gasteiger partial charge in [0.1, 0.15) is 17.5 Å². The molecule has 0 saturated carbocycles. The fraction of sp³-hybridized carbons (Fsp3) is 0.364. The molecular weight excluding hydrogens is 219 g/mol. The Bertz CT molecular complexity index is 370. The van der Waals surface area contributed by atoms with Crippen LogP contribution in [0.3, 0.4) is 0 Å². The maximum Gasteiger partial charge on any atom is 0.220 e. The van der Waals surface area contributed by atoms with E-state index in [1.165, 1.54) is 0 Å². The van der Waals surface area contributed by atoms with Gasteiger partial charge in [-0.05, 0) is 6.42 Å². The maximum absolute atomic E-state index is 13.1. The maximum atomic E-state index is 13.1. The minimum Gasteiger partial charge on any atom is -0.352 e. The molecule has 0 fully saturated rings. The summed E-state index contributed by atoms with van der Waals surface area (Å²) in [5, 5.41) is 2.36. The van der Waals surface area contributed by atoms with Crippen molar-refractivity contribution in [2.45, 2.75) is 26.3 Å². The average Bonchev–Trinajstić information content (AvgIpc) is 2.16. The van der Waals surface area contributed by atoms with Crippen molar-refractivity contribution in [3.63, 3.8) is 0 Å². The van der Waals surface area contributed by atoms with E-state index in [-0.39, 0.29) is 18.0 Å². The summed E-state index contributed by atoms with van der Waals surface area (Å²) in [6.07, 6.45) is 0.949. The minimum atomic E-state index is -0.991. The Balaban J connectivity index is 2.70. The summed E-state index contributed by atoms with van der Waals surface area (Å²) in [4.78, 5) is 11.1. The first-order valence-corrected chi connectivity index (χ1v) is 4.94. The van der Waals surface area contributed by atoms with Crippen LogP contribution in [0.25, 0.3) is 0 Å². The monoisotopic (exact) mass is 231 g/mol. The second-order valence-corrected chi connectivity index (χ2v) is 3.37. The molecule has 16 heavy (non-hydrogen) atoms. The molecular formula is C11H12F3NO. The Morgan fingerprint density at radius 2 is 1.81 bits per heavy atom. The molecule has 1 aromatic carbocycles. The van der Waals surface area contributed by atoms with Crippen molar-refractivity contribution in [1.82, 2.24) is 5.32 Å². The molecule has 1 aromatic rings. The zero-order chi connectivity index (χ0) is 12.1. The Morgan fingerprint density at radius 3 is 2.31 bits per heavy atom. The molecule has 2 nitrogen and oxygen atoms in total. The van der Waals surface area contributed by atoms with Gasteiger partial charge < -0.3 is 5.32 Å². The standard InChI is InChI=1S/C11H12F3NO/c1-2-3-11(16)15-6-8-9(13)4-7(12)5-10(8)14/h4-5H,2-3,6H2,1H3,(H,15,16). The molecule has 0 aliphatic heterocycles. The number of amides is 1. The molecule has 0 unspecified atom stereocenters. The average molecular weight is 231 g/mol. The number of hydrogen-bond donors (Lipinski definition) is 1. The highest BCUT2D eigenvalue weighted by Gasteiger charge is 2.12. The van der Waals surface area contributed by atoms with Gasteiger partial charge in [0, 0.05) is 30.7 Å². The minimum absolute atomic E-state index is 0.267. The van der Waals surface area contributed by atoms with Gasteiger partial charge in [0.2, 0.25) is 5.91 Å². The van der Waals surface area contributed by atoms with Gasteiger partial charge in [0.05, 0.1) is 0 Å². The zero-order valence-electron chi connectivity index (χ0n) is 8.82. The summed E-state index contributed by atoms with van der Waals surface area (Å²) in [6.45, 7) is 1.55. The summed E-state index contributed by atoms with van der Waals surface area (Å²) in [7, 11) is 0. The second-order valence-electron chi connectivity index (χ2n) is 3.37. The van der Waals surface area contributed by atoms with Crippen molar-refractivity contribution in [2.75, 3.05) is 0 Å². The van der Waals surface area contributed by atoms with Crippen LogP contribution in [0, 0.1) is 17.5 Å². The largest absolute Gasteiger partial charge is 0.352 e. The van der Waals surface area contributed by atoms with Crippen LogP contribution in [-0.4, -0.2) is 5.91 Å². The van der Waals surface area contributed by atoms with Crippen LogP contribution in [0.4, 0.5) is 13.2 Å². The summed E-state index contributed by atoms with van der Waals surface area (Å²) in [6, 6.07) is 1.18. The van der Waals surface area contributed by atoms with Gasteiger partial charge >= 0.3 is 0 Å². The molecule has 1 rings (SSSR count). The number of halogens is 3. The molecule has 0 spiro atoms. The number of carbonyl (C=O) groups is 1. The topological polar surface area (TPSA) is 29.1 Å². The van der Waals surface area contributed by atoms with Crippen LogP contribution in [0.2, 0.25) is 0 Å². The quantitative estimate of drug-likeness (QED) is 0.847. The Kier molecular flexibility index (Phi) is 4.34. The number of rotatable bonds is 4. The van der Waals surface area contributed by atoms with E-state index in [1.54, 1.807) is 0 Å². The van der Waals surface area contributed by atoms with E-state index in [0.717, 1.165) is 0 Å². The molecule has 0 radical (unpaired) electrons. The Hall–Kier alpha value is -1.52. The van der Waals surface area contributed by atoms with Crippen molar-refractivity contribution in [3.05, 3.63) is 35.1 Å². The van der Waals surface area contributed by atoms with Crippen molar-refractivity contribution in [3.8, 4) is 0 Å². The fourth-order valence-corrected chi connectivity index (χ4v) is 1.24. The predicted molar refractivity (Wildman–Crippen MR) is 53.1 cm³/mol. The lowest BCUT2D eigenvalue weighted by Crippen LogP contribution is -2.23. The van der Waals surface area contributed by atoms with Gasteiger partial charge in [0.25, 0.3) is 0 Å². The van der Waals surface area contributed by atoms with Crippen LogP contribution in [0.1, 0.15) is 25.3 Å². The normalized spacial score (nSPS) is 10.2. The number of hydrogen-bond acceptors (Lipinski definition) is 1. The molecule has 0 heterocycles. The highest BCUT2D eigenvalue weighted by molar-refractivity contribution is 5.75. The number of carbonyl (C=O) groups excluding carboxylic acids is 1. The first kappa shape index (κ1) is 12.5. The van der Waals surface area contributed by atoms with Gasteiger partial charge in [-0.2, -0.15) is 0 Å². The fourth-order valence-electron chi connectivity index (χ4n) is 1.24. The highest BCUT2D eigenvalue weighted by Crippen LogP contribution is 2.14. The molecule has 0 aliphatic rings. The second kappa shape index (κ2) is 5.53. The third-order valence-electron chi connectivity index (χ3n) is 2.05. The highest BCUT2D eigenvalue weighted by atomic mass is 19.1. The molecule has 0 atom stereocenters. The summed E-state index contributed by atoms with van der Waals surface area (Å²) in [5.41, 5.74) is -0.328.